The first-order valence-electron chi connectivity index (χ1n) is 6.61. The Balaban J connectivity index is 1.75. The first-order valence-corrected chi connectivity index (χ1v) is 6.61. The smallest absolute Gasteiger partial charge is 0.416 e. The Bertz CT molecular complexity index is 793. The lowest BCUT2D eigenvalue weighted by atomic mass is 10.2. The molecule has 0 saturated carbocycles. The number of anilines is 2. The third-order valence-electron chi connectivity index (χ3n) is 3.12. The van der Waals surface area contributed by atoms with Gasteiger partial charge in [-0.25, -0.2) is 4.98 Å². The van der Waals surface area contributed by atoms with E-state index in [-0.39, 0.29) is 11.8 Å². The first kappa shape index (κ1) is 15.0. The number of benzene rings is 2. The molecule has 3 aromatic rings. The van der Waals surface area contributed by atoms with Crippen molar-refractivity contribution in [2.75, 3.05) is 5.32 Å². The summed E-state index contributed by atoms with van der Waals surface area (Å²) in [5, 5.41) is 12.0. The zero-order chi connectivity index (χ0) is 16.4. The van der Waals surface area contributed by atoms with Crippen molar-refractivity contribution in [1.29, 1.82) is 0 Å². The lowest BCUT2D eigenvalue weighted by Crippen LogP contribution is -2.04. The SMILES string of the molecule is Oc1ccc(-c2cnc(Nc3ccc(C(F)(F)F)cc3)o2)cc1. The van der Waals surface area contributed by atoms with Crippen molar-refractivity contribution in [3.8, 4) is 17.1 Å². The number of rotatable bonds is 3. The molecular formula is C16H11F3N2O2. The number of oxazole rings is 1. The van der Waals surface area contributed by atoms with Crippen molar-refractivity contribution in [3.05, 3.63) is 60.3 Å². The molecule has 3 rings (SSSR count). The Morgan fingerprint density at radius 3 is 2.22 bits per heavy atom. The molecule has 0 bridgehead atoms. The molecule has 0 unspecified atom stereocenters. The minimum atomic E-state index is -4.37. The summed E-state index contributed by atoms with van der Waals surface area (Å²) < 4.78 is 43.0. The normalized spacial score (nSPS) is 11.4. The lowest BCUT2D eigenvalue weighted by molar-refractivity contribution is -0.137. The summed E-state index contributed by atoms with van der Waals surface area (Å²) in [5.74, 6) is 0.607. The maximum atomic E-state index is 12.5. The molecule has 0 spiro atoms. The van der Waals surface area contributed by atoms with E-state index in [1.807, 2.05) is 0 Å². The van der Waals surface area contributed by atoms with Gasteiger partial charge >= 0.3 is 6.18 Å². The minimum absolute atomic E-state index is 0.136. The van der Waals surface area contributed by atoms with Crippen LogP contribution in [-0.2, 0) is 6.18 Å². The van der Waals surface area contributed by atoms with Crippen molar-refractivity contribution in [2.45, 2.75) is 6.18 Å². The molecule has 1 aromatic heterocycles. The van der Waals surface area contributed by atoms with Gasteiger partial charge in [0.1, 0.15) is 5.75 Å². The van der Waals surface area contributed by atoms with Crippen LogP contribution in [0, 0.1) is 0 Å². The maximum absolute atomic E-state index is 12.5. The van der Waals surface area contributed by atoms with Crippen LogP contribution in [0.5, 0.6) is 5.75 Å². The quantitative estimate of drug-likeness (QED) is 0.727. The Morgan fingerprint density at radius 1 is 0.957 bits per heavy atom. The topological polar surface area (TPSA) is 58.3 Å². The first-order chi connectivity index (χ1) is 10.9. The van der Waals surface area contributed by atoms with E-state index in [9.17, 15) is 18.3 Å². The van der Waals surface area contributed by atoms with E-state index in [0.717, 1.165) is 17.7 Å². The van der Waals surface area contributed by atoms with E-state index in [1.54, 1.807) is 12.1 Å². The van der Waals surface area contributed by atoms with Crippen molar-refractivity contribution in [2.24, 2.45) is 0 Å². The summed E-state index contributed by atoms with van der Waals surface area (Å²) in [6.45, 7) is 0. The Kier molecular flexibility index (Phi) is 3.69. The molecule has 118 valence electrons. The Hall–Kier alpha value is -2.96. The standard InChI is InChI=1S/C16H11F3N2O2/c17-16(18,19)11-3-5-12(6-4-11)21-15-20-9-14(23-15)10-1-7-13(22)8-2-10/h1-9,22H,(H,20,21). The van der Waals surface area contributed by atoms with E-state index in [1.165, 1.54) is 30.5 Å². The summed E-state index contributed by atoms with van der Waals surface area (Å²) in [5.41, 5.74) is 0.424. The molecule has 4 nitrogen and oxygen atoms in total. The van der Waals surface area contributed by atoms with Gasteiger partial charge in [0.15, 0.2) is 5.76 Å². The van der Waals surface area contributed by atoms with Crippen molar-refractivity contribution in [3.63, 3.8) is 0 Å². The number of nitrogens with zero attached hydrogens (tertiary/aromatic N) is 1. The van der Waals surface area contributed by atoms with Crippen molar-refractivity contribution >= 4 is 11.7 Å². The average molecular weight is 320 g/mol. The van der Waals surface area contributed by atoms with Gasteiger partial charge in [0, 0.05) is 11.3 Å². The van der Waals surface area contributed by atoms with Gasteiger partial charge in [-0.1, -0.05) is 0 Å². The summed E-state index contributed by atoms with van der Waals surface area (Å²) >= 11 is 0. The highest BCUT2D eigenvalue weighted by Gasteiger charge is 2.29. The highest BCUT2D eigenvalue weighted by atomic mass is 19.4. The monoisotopic (exact) mass is 320 g/mol. The second-order valence-electron chi connectivity index (χ2n) is 4.78. The van der Waals surface area contributed by atoms with Crippen LogP contribution in [0.2, 0.25) is 0 Å². The average Bonchev–Trinajstić information content (AvgIpc) is 2.96. The molecule has 7 heteroatoms. The number of hydrogen-bond acceptors (Lipinski definition) is 4. The van der Waals surface area contributed by atoms with Crippen LogP contribution in [0.15, 0.2) is 59.1 Å². The van der Waals surface area contributed by atoms with E-state index in [2.05, 4.69) is 10.3 Å². The summed E-state index contributed by atoms with van der Waals surface area (Å²) in [4.78, 5) is 4.02. The van der Waals surface area contributed by atoms with Gasteiger partial charge in [-0.05, 0) is 48.5 Å². The number of aromatic nitrogens is 1. The molecule has 0 saturated heterocycles. The predicted octanol–water partition coefficient (Wildman–Crippen LogP) is 4.81. The number of alkyl halides is 3. The highest BCUT2D eigenvalue weighted by Crippen LogP contribution is 2.31. The summed E-state index contributed by atoms with van der Waals surface area (Å²) in [7, 11) is 0. The van der Waals surface area contributed by atoms with Crippen LogP contribution < -0.4 is 5.32 Å². The zero-order valence-corrected chi connectivity index (χ0v) is 11.6. The zero-order valence-electron chi connectivity index (χ0n) is 11.6. The molecule has 2 aromatic carbocycles. The molecular weight excluding hydrogens is 309 g/mol. The molecule has 0 aliphatic carbocycles. The molecule has 0 aliphatic heterocycles. The van der Waals surface area contributed by atoms with Crippen LogP contribution in [-0.4, -0.2) is 10.1 Å². The maximum Gasteiger partial charge on any atom is 0.416 e. The van der Waals surface area contributed by atoms with Gasteiger partial charge in [-0.2, -0.15) is 13.2 Å². The number of phenols is 1. The molecule has 0 radical (unpaired) electrons. The van der Waals surface area contributed by atoms with Crippen LogP contribution in [0.4, 0.5) is 24.9 Å². The third kappa shape index (κ3) is 3.45. The van der Waals surface area contributed by atoms with Gasteiger partial charge in [0.2, 0.25) is 0 Å². The van der Waals surface area contributed by atoms with Gasteiger partial charge in [0.25, 0.3) is 6.01 Å². The molecule has 0 aliphatic rings. The largest absolute Gasteiger partial charge is 0.508 e. The number of nitrogens with one attached hydrogen (secondary N) is 1. The van der Waals surface area contributed by atoms with Crippen LogP contribution in [0.1, 0.15) is 5.56 Å². The highest BCUT2D eigenvalue weighted by molar-refractivity contribution is 5.60. The minimum Gasteiger partial charge on any atom is -0.508 e. The number of halogens is 3. The van der Waals surface area contributed by atoms with Gasteiger partial charge < -0.3 is 14.8 Å². The third-order valence-corrected chi connectivity index (χ3v) is 3.12. The van der Waals surface area contributed by atoms with Crippen LogP contribution >= 0.6 is 0 Å². The number of hydrogen-bond donors (Lipinski definition) is 2. The van der Waals surface area contributed by atoms with E-state index < -0.39 is 11.7 Å². The lowest BCUT2D eigenvalue weighted by Gasteiger charge is -2.07. The molecule has 2 N–H and O–H groups in total. The van der Waals surface area contributed by atoms with Crippen LogP contribution in [0.3, 0.4) is 0 Å². The van der Waals surface area contributed by atoms with Crippen LogP contribution in [0.25, 0.3) is 11.3 Å². The molecule has 0 atom stereocenters. The Morgan fingerprint density at radius 2 is 1.61 bits per heavy atom. The molecule has 1 heterocycles. The molecule has 0 amide bonds. The fourth-order valence-corrected chi connectivity index (χ4v) is 1.96. The van der Waals surface area contributed by atoms with Gasteiger partial charge in [-0.15, -0.1) is 0 Å². The number of phenolic OH excluding ortho intramolecular Hbond substituents is 1. The van der Waals surface area contributed by atoms with Gasteiger partial charge in [-0.3, -0.25) is 0 Å². The fourth-order valence-electron chi connectivity index (χ4n) is 1.96. The second-order valence-corrected chi connectivity index (χ2v) is 4.78. The van der Waals surface area contributed by atoms with E-state index in [4.69, 9.17) is 4.42 Å². The molecule has 23 heavy (non-hydrogen) atoms. The fraction of sp³-hybridized carbons (Fsp3) is 0.0625. The van der Waals surface area contributed by atoms with E-state index >= 15 is 0 Å². The summed E-state index contributed by atoms with van der Waals surface area (Å²) in [6.07, 6.45) is -2.88. The second kappa shape index (κ2) is 5.68. The Labute approximate surface area is 129 Å². The summed E-state index contributed by atoms with van der Waals surface area (Å²) in [6, 6.07) is 11.1. The predicted molar refractivity (Wildman–Crippen MR) is 78.3 cm³/mol. The van der Waals surface area contributed by atoms with E-state index in [0.29, 0.717) is 11.4 Å². The van der Waals surface area contributed by atoms with Crippen molar-refractivity contribution in [1.82, 2.24) is 4.98 Å². The van der Waals surface area contributed by atoms with Crippen molar-refractivity contribution < 1.29 is 22.7 Å². The molecule has 0 fully saturated rings. The number of aromatic hydroxyl groups is 1. The van der Waals surface area contributed by atoms with Gasteiger partial charge in [0.05, 0.1) is 11.8 Å².